The Bertz CT molecular complexity index is 517. The van der Waals surface area contributed by atoms with Crippen molar-refractivity contribution in [1.82, 2.24) is 15.2 Å². The predicted octanol–water partition coefficient (Wildman–Crippen LogP) is 2.00. The quantitative estimate of drug-likeness (QED) is 0.788. The van der Waals surface area contributed by atoms with E-state index in [1.165, 1.54) is 0 Å². The molecule has 1 aromatic heterocycles. The van der Waals surface area contributed by atoms with Crippen molar-refractivity contribution in [2.45, 2.75) is 33.6 Å². The van der Waals surface area contributed by atoms with Gasteiger partial charge in [-0.3, -0.25) is 0 Å². The summed E-state index contributed by atoms with van der Waals surface area (Å²) in [5, 5.41) is 8.67. The number of allylic oxidation sites excluding steroid dienone is 1. The predicted molar refractivity (Wildman–Crippen MR) is 72.9 cm³/mol. The SMILES string of the molecule is CCOC1=C(n2nc(CC)cc2OC)C(CC)=N[N]1. The van der Waals surface area contributed by atoms with Gasteiger partial charge >= 0.3 is 0 Å². The van der Waals surface area contributed by atoms with E-state index in [9.17, 15) is 0 Å². The maximum absolute atomic E-state index is 5.53. The van der Waals surface area contributed by atoms with Gasteiger partial charge in [0.2, 0.25) is 5.88 Å². The molecule has 0 aromatic carbocycles. The molecule has 0 fully saturated rings. The lowest BCUT2D eigenvalue weighted by Gasteiger charge is -2.10. The molecule has 0 unspecified atom stereocenters. The van der Waals surface area contributed by atoms with E-state index in [2.05, 4.69) is 22.5 Å². The Kier molecular flexibility index (Phi) is 4.09. The van der Waals surface area contributed by atoms with Crippen molar-refractivity contribution >= 4 is 11.4 Å². The average molecular weight is 263 g/mol. The van der Waals surface area contributed by atoms with Gasteiger partial charge in [0, 0.05) is 6.07 Å². The van der Waals surface area contributed by atoms with Crippen LogP contribution in [0, 0.1) is 0 Å². The minimum Gasteiger partial charge on any atom is -0.481 e. The van der Waals surface area contributed by atoms with Crippen molar-refractivity contribution in [3.63, 3.8) is 0 Å². The van der Waals surface area contributed by atoms with E-state index >= 15 is 0 Å². The fraction of sp³-hybridized carbons (Fsp3) is 0.538. The number of nitrogens with zero attached hydrogens (tertiary/aromatic N) is 4. The number of hydrogen-bond acceptors (Lipinski definition) is 4. The molecule has 2 heterocycles. The van der Waals surface area contributed by atoms with Crippen LogP contribution in [0.2, 0.25) is 0 Å². The van der Waals surface area contributed by atoms with Gasteiger partial charge in [-0.2, -0.15) is 9.78 Å². The maximum Gasteiger partial charge on any atom is 0.261 e. The number of hydrogen-bond donors (Lipinski definition) is 0. The first-order valence-corrected chi connectivity index (χ1v) is 6.53. The second kappa shape index (κ2) is 5.77. The molecule has 1 aliphatic rings. The van der Waals surface area contributed by atoms with Crippen molar-refractivity contribution in [3.05, 3.63) is 17.6 Å². The zero-order chi connectivity index (χ0) is 13.8. The highest BCUT2D eigenvalue weighted by Gasteiger charge is 2.26. The Morgan fingerprint density at radius 3 is 2.58 bits per heavy atom. The Balaban J connectivity index is 2.49. The third kappa shape index (κ3) is 2.43. The Hall–Kier alpha value is -1.98. The molecule has 1 radical (unpaired) electrons. The summed E-state index contributed by atoms with van der Waals surface area (Å²) in [4.78, 5) is 0. The van der Waals surface area contributed by atoms with Gasteiger partial charge < -0.3 is 9.47 Å². The summed E-state index contributed by atoms with van der Waals surface area (Å²) < 4.78 is 12.6. The Morgan fingerprint density at radius 1 is 1.21 bits per heavy atom. The topological polar surface area (TPSA) is 62.7 Å². The van der Waals surface area contributed by atoms with Crippen LogP contribution in [-0.2, 0) is 11.2 Å². The fourth-order valence-electron chi connectivity index (χ4n) is 1.90. The van der Waals surface area contributed by atoms with Crippen LogP contribution < -0.4 is 10.2 Å². The average Bonchev–Trinajstić information content (AvgIpc) is 3.01. The molecule has 6 nitrogen and oxygen atoms in total. The molecule has 2 rings (SSSR count). The molecule has 0 atom stereocenters. The second-order valence-electron chi connectivity index (χ2n) is 4.03. The largest absolute Gasteiger partial charge is 0.481 e. The molecule has 0 saturated carbocycles. The van der Waals surface area contributed by atoms with Crippen LogP contribution in [0.25, 0.3) is 5.70 Å². The van der Waals surface area contributed by atoms with Gasteiger partial charge in [-0.05, 0) is 19.8 Å². The molecule has 0 N–H and O–H groups in total. The van der Waals surface area contributed by atoms with Crippen LogP contribution in [0.4, 0.5) is 0 Å². The van der Waals surface area contributed by atoms with Crippen LogP contribution in [-0.4, -0.2) is 29.2 Å². The summed E-state index contributed by atoms with van der Waals surface area (Å²) in [6.45, 7) is 6.54. The summed E-state index contributed by atoms with van der Waals surface area (Å²) in [5.41, 5.74) is 6.67. The zero-order valence-corrected chi connectivity index (χ0v) is 11.8. The highest BCUT2D eigenvalue weighted by Crippen LogP contribution is 2.26. The summed E-state index contributed by atoms with van der Waals surface area (Å²) in [7, 11) is 1.63. The van der Waals surface area contributed by atoms with Gasteiger partial charge in [0.1, 0.15) is 0 Å². The highest BCUT2D eigenvalue weighted by atomic mass is 16.5. The van der Waals surface area contributed by atoms with Crippen LogP contribution in [0.3, 0.4) is 0 Å². The molecule has 0 saturated heterocycles. The number of ether oxygens (including phenoxy) is 2. The molecule has 0 bridgehead atoms. The van der Waals surface area contributed by atoms with Crippen LogP contribution in [0.5, 0.6) is 5.88 Å². The van der Waals surface area contributed by atoms with E-state index in [1.807, 2.05) is 19.9 Å². The minimum absolute atomic E-state index is 0.503. The lowest BCUT2D eigenvalue weighted by Crippen LogP contribution is -2.12. The second-order valence-corrected chi connectivity index (χ2v) is 4.03. The monoisotopic (exact) mass is 263 g/mol. The Morgan fingerprint density at radius 2 is 2.00 bits per heavy atom. The van der Waals surface area contributed by atoms with Gasteiger partial charge in [0.15, 0.2) is 5.70 Å². The van der Waals surface area contributed by atoms with Crippen molar-refractivity contribution < 1.29 is 9.47 Å². The van der Waals surface area contributed by atoms with Gasteiger partial charge in [-0.25, -0.2) is 0 Å². The summed E-state index contributed by atoms with van der Waals surface area (Å²) >= 11 is 0. The molecule has 103 valence electrons. The molecule has 19 heavy (non-hydrogen) atoms. The number of aryl methyl sites for hydroxylation is 1. The highest BCUT2D eigenvalue weighted by molar-refractivity contribution is 6.20. The van der Waals surface area contributed by atoms with Gasteiger partial charge in [-0.1, -0.05) is 13.8 Å². The van der Waals surface area contributed by atoms with Crippen molar-refractivity contribution in [2.24, 2.45) is 5.10 Å². The molecule has 0 amide bonds. The summed E-state index contributed by atoms with van der Waals surface area (Å²) in [6, 6.07) is 1.92. The smallest absolute Gasteiger partial charge is 0.261 e. The van der Waals surface area contributed by atoms with Crippen LogP contribution >= 0.6 is 0 Å². The third-order valence-electron chi connectivity index (χ3n) is 2.86. The van der Waals surface area contributed by atoms with E-state index in [0.29, 0.717) is 18.4 Å². The summed E-state index contributed by atoms with van der Waals surface area (Å²) in [5.74, 6) is 1.17. The van der Waals surface area contributed by atoms with Crippen molar-refractivity contribution in [3.8, 4) is 5.88 Å². The van der Waals surface area contributed by atoms with Gasteiger partial charge in [-0.15, -0.1) is 10.5 Å². The van der Waals surface area contributed by atoms with Gasteiger partial charge in [0.25, 0.3) is 5.88 Å². The van der Waals surface area contributed by atoms with Gasteiger partial charge in [0.05, 0.1) is 25.1 Å². The maximum atomic E-state index is 5.53. The van der Waals surface area contributed by atoms with E-state index in [-0.39, 0.29) is 0 Å². The fourth-order valence-corrected chi connectivity index (χ4v) is 1.90. The number of methoxy groups -OCH3 is 1. The molecule has 1 aliphatic heterocycles. The lowest BCUT2D eigenvalue weighted by atomic mass is 10.2. The first-order valence-electron chi connectivity index (χ1n) is 6.53. The van der Waals surface area contributed by atoms with E-state index in [1.54, 1.807) is 11.8 Å². The van der Waals surface area contributed by atoms with Crippen LogP contribution in [0.1, 0.15) is 32.9 Å². The summed E-state index contributed by atoms with van der Waals surface area (Å²) in [6.07, 6.45) is 1.61. The first-order chi connectivity index (χ1) is 9.24. The zero-order valence-electron chi connectivity index (χ0n) is 11.8. The molecular formula is C13H19N4O2. The third-order valence-corrected chi connectivity index (χ3v) is 2.86. The molecule has 0 spiro atoms. The minimum atomic E-state index is 0.503. The standard InChI is InChI=1S/C13H19N4O2/c1-5-9-8-11(18-4)17(16-9)12-10(6-2)14-15-13(12)19-7-3/h8H,5-7H2,1-4H3. The van der Waals surface area contributed by atoms with E-state index in [0.717, 1.165) is 29.9 Å². The van der Waals surface area contributed by atoms with Crippen LogP contribution in [0.15, 0.2) is 17.1 Å². The number of rotatable bonds is 6. The number of aromatic nitrogens is 2. The normalized spacial score (nSPS) is 14.4. The lowest BCUT2D eigenvalue weighted by molar-refractivity contribution is 0.208. The van der Waals surface area contributed by atoms with Crippen molar-refractivity contribution in [1.29, 1.82) is 0 Å². The van der Waals surface area contributed by atoms with E-state index in [4.69, 9.17) is 9.47 Å². The molecule has 0 aliphatic carbocycles. The molecule has 6 heteroatoms. The first kappa shape index (κ1) is 13.5. The van der Waals surface area contributed by atoms with E-state index < -0.39 is 0 Å². The molecule has 1 aromatic rings. The molecular weight excluding hydrogens is 244 g/mol. The Labute approximate surface area is 113 Å². The van der Waals surface area contributed by atoms with Crippen molar-refractivity contribution in [2.75, 3.05) is 13.7 Å².